The van der Waals surface area contributed by atoms with E-state index in [9.17, 15) is 0 Å². The third-order valence-electron chi connectivity index (χ3n) is 3.63. The van der Waals surface area contributed by atoms with Gasteiger partial charge >= 0.3 is 0 Å². The third-order valence-corrected chi connectivity index (χ3v) is 4.58. The van der Waals surface area contributed by atoms with Crippen molar-refractivity contribution in [2.24, 2.45) is 0 Å². The van der Waals surface area contributed by atoms with E-state index in [-0.39, 0.29) is 0 Å². The standard InChI is InChI=1S/C13H23N3S/c1-3-16(10-12-6-4-5-7-14-12)11(2)13-15-8-9-17-13/h8-9,11-12,14H,3-7,10H2,1-2H3. The zero-order valence-electron chi connectivity index (χ0n) is 10.9. The van der Waals surface area contributed by atoms with Crippen molar-refractivity contribution in [2.75, 3.05) is 19.6 Å². The van der Waals surface area contributed by atoms with Crippen molar-refractivity contribution in [1.82, 2.24) is 15.2 Å². The lowest BCUT2D eigenvalue weighted by Gasteiger charge is -2.32. The van der Waals surface area contributed by atoms with E-state index < -0.39 is 0 Å². The summed E-state index contributed by atoms with van der Waals surface area (Å²) >= 11 is 1.76. The van der Waals surface area contributed by atoms with Gasteiger partial charge in [0.05, 0.1) is 6.04 Å². The van der Waals surface area contributed by atoms with Gasteiger partial charge in [0.15, 0.2) is 0 Å². The van der Waals surface area contributed by atoms with Gasteiger partial charge < -0.3 is 5.32 Å². The second kappa shape index (κ2) is 6.47. The molecule has 1 N–H and O–H groups in total. The van der Waals surface area contributed by atoms with Crippen molar-refractivity contribution < 1.29 is 0 Å². The Balaban J connectivity index is 1.91. The van der Waals surface area contributed by atoms with Crippen LogP contribution in [0.5, 0.6) is 0 Å². The van der Waals surface area contributed by atoms with Crippen LogP contribution in [-0.4, -0.2) is 35.6 Å². The zero-order chi connectivity index (χ0) is 12.1. The zero-order valence-corrected chi connectivity index (χ0v) is 11.7. The van der Waals surface area contributed by atoms with E-state index in [2.05, 4.69) is 34.4 Å². The van der Waals surface area contributed by atoms with Gasteiger partial charge in [-0.2, -0.15) is 0 Å². The van der Waals surface area contributed by atoms with Gasteiger partial charge in [-0.25, -0.2) is 4.98 Å². The van der Waals surface area contributed by atoms with Gasteiger partial charge in [-0.1, -0.05) is 13.3 Å². The molecule has 3 nitrogen and oxygen atoms in total. The predicted octanol–water partition coefficient (Wildman–Crippen LogP) is 2.67. The van der Waals surface area contributed by atoms with Crippen molar-refractivity contribution in [3.05, 3.63) is 16.6 Å². The summed E-state index contributed by atoms with van der Waals surface area (Å²) in [6.45, 7) is 7.95. The molecule has 1 aromatic rings. The highest BCUT2D eigenvalue weighted by Crippen LogP contribution is 2.22. The van der Waals surface area contributed by atoms with E-state index in [0.29, 0.717) is 12.1 Å². The molecule has 2 heterocycles. The van der Waals surface area contributed by atoms with Crippen LogP contribution in [0.2, 0.25) is 0 Å². The quantitative estimate of drug-likeness (QED) is 0.874. The Morgan fingerprint density at radius 2 is 2.47 bits per heavy atom. The first-order valence-electron chi connectivity index (χ1n) is 6.68. The summed E-state index contributed by atoms with van der Waals surface area (Å²) in [5, 5.41) is 6.93. The largest absolute Gasteiger partial charge is 0.313 e. The van der Waals surface area contributed by atoms with Gasteiger partial charge in [0.25, 0.3) is 0 Å². The minimum Gasteiger partial charge on any atom is -0.313 e. The van der Waals surface area contributed by atoms with E-state index >= 15 is 0 Å². The second-order valence-electron chi connectivity index (χ2n) is 4.78. The van der Waals surface area contributed by atoms with Gasteiger partial charge in [0, 0.05) is 24.2 Å². The predicted molar refractivity (Wildman–Crippen MR) is 73.4 cm³/mol. The molecule has 0 radical (unpaired) electrons. The van der Waals surface area contributed by atoms with Crippen LogP contribution in [0.25, 0.3) is 0 Å². The summed E-state index contributed by atoms with van der Waals surface area (Å²) in [7, 11) is 0. The average Bonchev–Trinajstić information content (AvgIpc) is 2.90. The number of likely N-dealkylation sites (N-methyl/N-ethyl adjacent to an activating group) is 1. The van der Waals surface area contributed by atoms with Crippen LogP contribution in [-0.2, 0) is 0 Å². The molecule has 0 aliphatic carbocycles. The van der Waals surface area contributed by atoms with Crippen LogP contribution >= 0.6 is 11.3 Å². The highest BCUT2D eigenvalue weighted by atomic mass is 32.1. The highest BCUT2D eigenvalue weighted by molar-refractivity contribution is 7.09. The Labute approximate surface area is 108 Å². The van der Waals surface area contributed by atoms with Crippen molar-refractivity contribution in [2.45, 2.75) is 45.2 Å². The first kappa shape index (κ1) is 13.0. The lowest BCUT2D eigenvalue weighted by Crippen LogP contribution is -2.44. The fourth-order valence-corrected chi connectivity index (χ4v) is 3.25. The number of hydrogen-bond acceptors (Lipinski definition) is 4. The maximum atomic E-state index is 4.43. The molecule has 0 aromatic carbocycles. The SMILES string of the molecule is CCN(CC1CCCCN1)C(C)c1nccs1. The van der Waals surface area contributed by atoms with Crippen LogP contribution in [0, 0.1) is 0 Å². The second-order valence-corrected chi connectivity index (χ2v) is 5.71. The summed E-state index contributed by atoms with van der Waals surface area (Å²) in [6, 6.07) is 1.12. The van der Waals surface area contributed by atoms with Gasteiger partial charge in [-0.3, -0.25) is 4.90 Å². The van der Waals surface area contributed by atoms with E-state index in [1.165, 1.54) is 30.8 Å². The Morgan fingerprint density at radius 1 is 1.59 bits per heavy atom. The Kier molecular flexibility index (Phi) is 4.95. The fraction of sp³-hybridized carbons (Fsp3) is 0.769. The summed E-state index contributed by atoms with van der Waals surface area (Å²) in [5.74, 6) is 0. The summed E-state index contributed by atoms with van der Waals surface area (Å²) < 4.78 is 0. The molecule has 96 valence electrons. The maximum absolute atomic E-state index is 4.43. The fourth-order valence-electron chi connectivity index (χ4n) is 2.52. The topological polar surface area (TPSA) is 28.2 Å². The molecular weight excluding hydrogens is 230 g/mol. The number of rotatable bonds is 5. The molecule has 1 aliphatic rings. The number of hydrogen-bond donors (Lipinski definition) is 1. The van der Waals surface area contributed by atoms with Crippen molar-refractivity contribution >= 4 is 11.3 Å². The number of piperidine rings is 1. The molecule has 1 aromatic heterocycles. The van der Waals surface area contributed by atoms with Gasteiger partial charge in [-0.05, 0) is 32.9 Å². The molecule has 0 saturated carbocycles. The number of nitrogens with one attached hydrogen (secondary N) is 1. The first-order chi connectivity index (χ1) is 8.31. The molecule has 1 fully saturated rings. The Bertz CT molecular complexity index is 306. The molecule has 0 amide bonds. The van der Waals surface area contributed by atoms with Crippen molar-refractivity contribution in [1.29, 1.82) is 0 Å². The minimum absolute atomic E-state index is 0.448. The number of aromatic nitrogens is 1. The normalized spacial score (nSPS) is 22.9. The van der Waals surface area contributed by atoms with E-state index in [1.807, 2.05) is 6.20 Å². The van der Waals surface area contributed by atoms with Gasteiger partial charge in [0.2, 0.25) is 0 Å². The van der Waals surface area contributed by atoms with Gasteiger partial charge in [-0.15, -0.1) is 11.3 Å². The van der Waals surface area contributed by atoms with Crippen LogP contribution < -0.4 is 5.32 Å². The molecule has 2 atom stereocenters. The molecule has 4 heteroatoms. The Morgan fingerprint density at radius 3 is 3.06 bits per heavy atom. The van der Waals surface area contributed by atoms with Gasteiger partial charge in [0.1, 0.15) is 5.01 Å². The van der Waals surface area contributed by atoms with E-state index in [0.717, 1.165) is 13.1 Å². The van der Waals surface area contributed by atoms with Crippen LogP contribution in [0.3, 0.4) is 0 Å². The van der Waals surface area contributed by atoms with Crippen LogP contribution in [0.15, 0.2) is 11.6 Å². The summed E-state index contributed by atoms with van der Waals surface area (Å²) in [4.78, 5) is 6.96. The smallest absolute Gasteiger partial charge is 0.109 e. The first-order valence-corrected chi connectivity index (χ1v) is 7.56. The lowest BCUT2D eigenvalue weighted by atomic mass is 10.0. The number of thiazole rings is 1. The molecular formula is C13H23N3S. The highest BCUT2D eigenvalue weighted by Gasteiger charge is 2.21. The minimum atomic E-state index is 0.448. The summed E-state index contributed by atoms with van der Waals surface area (Å²) in [5.41, 5.74) is 0. The van der Waals surface area contributed by atoms with Crippen LogP contribution in [0.4, 0.5) is 0 Å². The van der Waals surface area contributed by atoms with Crippen molar-refractivity contribution in [3.8, 4) is 0 Å². The summed E-state index contributed by atoms with van der Waals surface area (Å²) in [6.07, 6.45) is 5.94. The average molecular weight is 253 g/mol. The van der Waals surface area contributed by atoms with E-state index in [4.69, 9.17) is 0 Å². The van der Waals surface area contributed by atoms with Crippen LogP contribution in [0.1, 0.15) is 44.2 Å². The monoisotopic (exact) mass is 253 g/mol. The molecule has 2 rings (SSSR count). The third kappa shape index (κ3) is 3.50. The maximum Gasteiger partial charge on any atom is 0.109 e. The molecule has 1 aliphatic heterocycles. The van der Waals surface area contributed by atoms with E-state index in [1.54, 1.807) is 11.3 Å². The molecule has 0 spiro atoms. The molecule has 2 unspecified atom stereocenters. The molecule has 0 bridgehead atoms. The molecule has 1 saturated heterocycles. The number of nitrogens with zero attached hydrogens (tertiary/aromatic N) is 2. The van der Waals surface area contributed by atoms with Crippen molar-refractivity contribution in [3.63, 3.8) is 0 Å². The lowest BCUT2D eigenvalue weighted by molar-refractivity contribution is 0.184. The molecule has 17 heavy (non-hydrogen) atoms. The Hall–Kier alpha value is -0.450.